The van der Waals surface area contributed by atoms with Crippen LogP contribution in [0.5, 0.6) is 0 Å². The molecule has 0 radical (unpaired) electrons. The molecule has 0 atom stereocenters. The van der Waals surface area contributed by atoms with Crippen molar-refractivity contribution >= 4 is 23.1 Å². The van der Waals surface area contributed by atoms with Gasteiger partial charge in [-0.3, -0.25) is 0 Å². The van der Waals surface area contributed by atoms with Crippen molar-refractivity contribution in [2.24, 2.45) is 0 Å². The molecule has 0 spiro atoms. The number of rotatable bonds is 4. The van der Waals surface area contributed by atoms with E-state index in [0.29, 0.717) is 5.56 Å². The molecule has 0 aliphatic rings. The SMILES string of the molecule is C=Cc1c(/C=C\C)c2ccccc2n1-c1ccc(-c2cccc(C#N)c2)cc1. The summed E-state index contributed by atoms with van der Waals surface area (Å²) >= 11 is 0. The normalized spacial score (nSPS) is 11.0. The first-order chi connectivity index (χ1) is 13.8. The van der Waals surface area contributed by atoms with Crippen LogP contribution in [0.1, 0.15) is 23.7 Å². The summed E-state index contributed by atoms with van der Waals surface area (Å²) in [7, 11) is 0. The van der Waals surface area contributed by atoms with Crippen LogP contribution in [0.15, 0.2) is 85.5 Å². The zero-order valence-corrected chi connectivity index (χ0v) is 15.8. The van der Waals surface area contributed by atoms with Crippen molar-refractivity contribution in [3.63, 3.8) is 0 Å². The lowest BCUT2D eigenvalue weighted by molar-refractivity contribution is 1.11. The van der Waals surface area contributed by atoms with E-state index in [1.807, 2.05) is 37.3 Å². The van der Waals surface area contributed by atoms with Crippen LogP contribution in [0.4, 0.5) is 0 Å². The topological polar surface area (TPSA) is 28.7 Å². The fourth-order valence-electron chi connectivity index (χ4n) is 3.68. The number of hydrogen-bond donors (Lipinski definition) is 0. The van der Waals surface area contributed by atoms with Crippen molar-refractivity contribution in [2.45, 2.75) is 6.92 Å². The first-order valence-corrected chi connectivity index (χ1v) is 9.26. The van der Waals surface area contributed by atoms with E-state index in [1.54, 1.807) is 0 Å². The van der Waals surface area contributed by atoms with Crippen LogP contribution in [0, 0.1) is 11.3 Å². The van der Waals surface area contributed by atoms with E-state index in [0.717, 1.165) is 28.0 Å². The van der Waals surface area contributed by atoms with Gasteiger partial charge in [0, 0.05) is 16.6 Å². The van der Waals surface area contributed by atoms with Crippen LogP contribution >= 0.6 is 0 Å². The molecular formula is C26H20N2. The average molecular weight is 360 g/mol. The van der Waals surface area contributed by atoms with E-state index in [4.69, 9.17) is 5.26 Å². The maximum absolute atomic E-state index is 9.14. The highest BCUT2D eigenvalue weighted by atomic mass is 15.0. The molecule has 28 heavy (non-hydrogen) atoms. The molecule has 0 unspecified atom stereocenters. The smallest absolute Gasteiger partial charge is 0.0991 e. The third-order valence-corrected chi connectivity index (χ3v) is 4.93. The fourth-order valence-corrected chi connectivity index (χ4v) is 3.68. The molecule has 0 aliphatic heterocycles. The van der Waals surface area contributed by atoms with Gasteiger partial charge in [-0.25, -0.2) is 0 Å². The molecule has 134 valence electrons. The highest BCUT2D eigenvalue weighted by molar-refractivity contribution is 5.95. The average Bonchev–Trinajstić information content (AvgIpc) is 3.07. The van der Waals surface area contributed by atoms with Gasteiger partial charge in [-0.2, -0.15) is 5.26 Å². The molecule has 2 heteroatoms. The van der Waals surface area contributed by atoms with Crippen molar-refractivity contribution in [1.82, 2.24) is 4.57 Å². The molecule has 0 saturated carbocycles. The molecule has 3 aromatic carbocycles. The lowest BCUT2D eigenvalue weighted by Crippen LogP contribution is -1.96. The Morgan fingerprint density at radius 3 is 2.43 bits per heavy atom. The molecular weight excluding hydrogens is 340 g/mol. The van der Waals surface area contributed by atoms with E-state index < -0.39 is 0 Å². The monoisotopic (exact) mass is 360 g/mol. The Morgan fingerprint density at radius 2 is 1.71 bits per heavy atom. The van der Waals surface area contributed by atoms with E-state index >= 15 is 0 Å². The highest BCUT2D eigenvalue weighted by Crippen LogP contribution is 2.32. The molecule has 0 amide bonds. The van der Waals surface area contributed by atoms with Crippen LogP contribution in [-0.2, 0) is 0 Å². The Balaban J connectivity index is 1.87. The molecule has 1 heterocycles. The van der Waals surface area contributed by atoms with Gasteiger partial charge in [-0.1, -0.05) is 61.2 Å². The zero-order valence-electron chi connectivity index (χ0n) is 15.8. The molecule has 1 aromatic heterocycles. The summed E-state index contributed by atoms with van der Waals surface area (Å²) in [5.41, 5.74) is 7.31. The van der Waals surface area contributed by atoms with Crippen LogP contribution in [0.25, 0.3) is 39.9 Å². The van der Waals surface area contributed by atoms with Crippen molar-refractivity contribution in [1.29, 1.82) is 5.26 Å². The third-order valence-electron chi connectivity index (χ3n) is 4.93. The van der Waals surface area contributed by atoms with E-state index in [1.165, 1.54) is 10.9 Å². The van der Waals surface area contributed by atoms with E-state index in [2.05, 4.69) is 77.9 Å². The number of benzene rings is 3. The highest BCUT2D eigenvalue weighted by Gasteiger charge is 2.14. The summed E-state index contributed by atoms with van der Waals surface area (Å²) in [5.74, 6) is 0. The number of nitrogens with zero attached hydrogens (tertiary/aromatic N) is 2. The van der Waals surface area contributed by atoms with Gasteiger partial charge in [-0.15, -0.1) is 0 Å². The van der Waals surface area contributed by atoms with Crippen molar-refractivity contribution in [3.8, 4) is 22.9 Å². The summed E-state index contributed by atoms with van der Waals surface area (Å²) in [6.07, 6.45) is 6.11. The zero-order chi connectivity index (χ0) is 19.5. The number of allylic oxidation sites excluding steroid dienone is 1. The lowest BCUT2D eigenvalue weighted by atomic mass is 10.0. The minimum Gasteiger partial charge on any atom is -0.309 e. The Morgan fingerprint density at radius 1 is 0.929 bits per heavy atom. The third kappa shape index (κ3) is 2.94. The predicted octanol–water partition coefficient (Wildman–Crippen LogP) is 6.85. The maximum Gasteiger partial charge on any atom is 0.0991 e. The second kappa shape index (κ2) is 7.42. The Labute approximate surface area is 165 Å². The van der Waals surface area contributed by atoms with Gasteiger partial charge < -0.3 is 4.57 Å². The van der Waals surface area contributed by atoms with E-state index in [-0.39, 0.29) is 0 Å². The van der Waals surface area contributed by atoms with Crippen molar-refractivity contribution in [2.75, 3.05) is 0 Å². The molecule has 0 fully saturated rings. The first-order valence-electron chi connectivity index (χ1n) is 9.26. The van der Waals surface area contributed by atoms with Crippen molar-refractivity contribution < 1.29 is 0 Å². The predicted molar refractivity (Wildman–Crippen MR) is 118 cm³/mol. The molecule has 0 bridgehead atoms. The van der Waals surface area contributed by atoms with Crippen molar-refractivity contribution in [3.05, 3.63) is 102 Å². The largest absolute Gasteiger partial charge is 0.309 e. The van der Waals surface area contributed by atoms with Crippen LogP contribution in [0.2, 0.25) is 0 Å². The molecule has 0 saturated heterocycles. The standard InChI is InChI=1S/C26H20N2/c1-3-8-23-24-11-5-6-12-26(24)28(25(23)4-2)22-15-13-20(14-16-22)21-10-7-9-19(17-21)18-27/h3-17H,2H2,1H3/b8-3-. The summed E-state index contributed by atoms with van der Waals surface area (Å²) in [6, 6.07) is 26.7. The minimum atomic E-state index is 0.669. The van der Waals surface area contributed by atoms with Gasteiger partial charge in [-0.05, 0) is 54.5 Å². The first kappa shape index (κ1) is 17.6. The summed E-state index contributed by atoms with van der Waals surface area (Å²) in [4.78, 5) is 0. The summed E-state index contributed by atoms with van der Waals surface area (Å²) < 4.78 is 2.24. The number of aromatic nitrogens is 1. The van der Waals surface area contributed by atoms with Gasteiger partial charge in [0.05, 0.1) is 22.8 Å². The molecule has 4 rings (SSSR count). The van der Waals surface area contributed by atoms with Crippen LogP contribution in [-0.4, -0.2) is 4.57 Å². The summed E-state index contributed by atoms with van der Waals surface area (Å²) in [6.45, 7) is 6.09. The fraction of sp³-hybridized carbons (Fsp3) is 0.0385. The summed E-state index contributed by atoms with van der Waals surface area (Å²) in [5, 5.41) is 10.3. The maximum atomic E-state index is 9.14. The second-order valence-electron chi connectivity index (χ2n) is 6.60. The van der Waals surface area contributed by atoms with Gasteiger partial charge >= 0.3 is 0 Å². The van der Waals surface area contributed by atoms with Gasteiger partial charge in [0.1, 0.15) is 0 Å². The number of hydrogen-bond acceptors (Lipinski definition) is 1. The number of para-hydroxylation sites is 1. The van der Waals surface area contributed by atoms with Crippen LogP contribution in [0.3, 0.4) is 0 Å². The van der Waals surface area contributed by atoms with Gasteiger partial charge in [0.2, 0.25) is 0 Å². The van der Waals surface area contributed by atoms with Crippen LogP contribution < -0.4 is 0 Å². The van der Waals surface area contributed by atoms with Gasteiger partial charge in [0.15, 0.2) is 0 Å². The molecule has 2 nitrogen and oxygen atoms in total. The second-order valence-corrected chi connectivity index (χ2v) is 6.60. The van der Waals surface area contributed by atoms with E-state index in [9.17, 15) is 0 Å². The lowest BCUT2D eigenvalue weighted by Gasteiger charge is -2.10. The Hall–Kier alpha value is -3.83. The Kier molecular flexibility index (Phi) is 4.66. The Bertz CT molecular complexity index is 1230. The van der Waals surface area contributed by atoms with Gasteiger partial charge in [0.25, 0.3) is 0 Å². The number of fused-ring (bicyclic) bond motifs is 1. The minimum absolute atomic E-state index is 0.669. The quantitative estimate of drug-likeness (QED) is 0.391. The molecule has 4 aromatic rings. The molecule has 0 N–H and O–H groups in total. The molecule has 0 aliphatic carbocycles. The number of nitriles is 1.